The van der Waals surface area contributed by atoms with E-state index in [4.69, 9.17) is 0 Å². The van der Waals surface area contributed by atoms with Crippen molar-refractivity contribution in [3.05, 3.63) is 0 Å². The standard InChI is InChI=1S/C7H13NO.2ClH/c1-7(9)6-8-4-2-3-5-8;;/h2-6H2,1H3;2*1H. The zero-order valence-electron chi connectivity index (χ0n) is 6.71. The van der Waals surface area contributed by atoms with Crippen molar-refractivity contribution < 1.29 is 4.79 Å². The first-order chi connectivity index (χ1) is 4.29. The molecule has 11 heavy (non-hydrogen) atoms. The molecule has 0 saturated carbocycles. The number of halogens is 2. The highest BCUT2D eigenvalue weighted by Crippen LogP contribution is 2.05. The van der Waals surface area contributed by atoms with E-state index in [-0.39, 0.29) is 30.6 Å². The molecule has 2 nitrogen and oxygen atoms in total. The Bertz CT molecular complexity index is 113. The molecule has 0 N–H and O–H groups in total. The summed E-state index contributed by atoms with van der Waals surface area (Å²) in [5, 5.41) is 0. The van der Waals surface area contributed by atoms with Crippen LogP contribution in [0.2, 0.25) is 0 Å². The molecule has 1 rings (SSSR count). The average Bonchev–Trinajstić information content (AvgIpc) is 2.15. The van der Waals surface area contributed by atoms with E-state index in [1.165, 1.54) is 12.8 Å². The second-order valence-electron chi connectivity index (χ2n) is 2.69. The van der Waals surface area contributed by atoms with E-state index in [1.54, 1.807) is 6.92 Å². The van der Waals surface area contributed by atoms with Gasteiger partial charge in [-0.3, -0.25) is 9.69 Å². The van der Waals surface area contributed by atoms with Crippen LogP contribution in [-0.4, -0.2) is 30.3 Å². The lowest BCUT2D eigenvalue weighted by molar-refractivity contribution is -0.117. The van der Waals surface area contributed by atoms with Crippen LogP contribution in [0.25, 0.3) is 0 Å². The Morgan fingerprint density at radius 2 is 1.73 bits per heavy atom. The molecule has 0 aromatic carbocycles. The molecule has 1 heterocycles. The summed E-state index contributed by atoms with van der Waals surface area (Å²) >= 11 is 0. The molecule has 1 aliphatic rings. The molecule has 0 bridgehead atoms. The molecule has 0 aromatic rings. The molecule has 68 valence electrons. The predicted octanol–water partition coefficient (Wildman–Crippen LogP) is 1.51. The van der Waals surface area contributed by atoms with Crippen LogP contribution in [-0.2, 0) is 4.79 Å². The number of Topliss-reactive ketones (excluding diaryl/α,β-unsaturated/α-hetero) is 1. The van der Waals surface area contributed by atoms with Gasteiger partial charge in [-0.05, 0) is 32.9 Å². The fraction of sp³-hybridized carbons (Fsp3) is 0.857. The first-order valence-corrected chi connectivity index (χ1v) is 3.51. The topological polar surface area (TPSA) is 20.3 Å². The summed E-state index contributed by atoms with van der Waals surface area (Å²) in [7, 11) is 0. The van der Waals surface area contributed by atoms with Crippen LogP contribution in [0.5, 0.6) is 0 Å². The van der Waals surface area contributed by atoms with E-state index in [9.17, 15) is 4.79 Å². The number of nitrogens with zero attached hydrogens (tertiary/aromatic N) is 1. The van der Waals surface area contributed by atoms with Gasteiger partial charge in [0.15, 0.2) is 0 Å². The highest BCUT2D eigenvalue weighted by Gasteiger charge is 2.11. The van der Waals surface area contributed by atoms with Gasteiger partial charge in [-0.15, -0.1) is 24.8 Å². The lowest BCUT2D eigenvalue weighted by Gasteiger charge is -2.10. The van der Waals surface area contributed by atoms with Crippen molar-refractivity contribution >= 4 is 30.6 Å². The first kappa shape index (κ1) is 13.8. The third kappa shape index (κ3) is 5.48. The van der Waals surface area contributed by atoms with Crippen LogP contribution in [0.15, 0.2) is 0 Å². The van der Waals surface area contributed by atoms with Gasteiger partial charge in [0.25, 0.3) is 0 Å². The smallest absolute Gasteiger partial charge is 0.143 e. The van der Waals surface area contributed by atoms with E-state index in [1.807, 2.05) is 0 Å². The molecule has 0 aromatic heterocycles. The fourth-order valence-corrected chi connectivity index (χ4v) is 1.26. The normalized spacial score (nSPS) is 16.8. The van der Waals surface area contributed by atoms with Crippen LogP contribution >= 0.6 is 24.8 Å². The van der Waals surface area contributed by atoms with Gasteiger partial charge in [0, 0.05) is 0 Å². The van der Waals surface area contributed by atoms with Crippen molar-refractivity contribution in [3.8, 4) is 0 Å². The van der Waals surface area contributed by atoms with Crippen LogP contribution in [0, 0.1) is 0 Å². The summed E-state index contributed by atoms with van der Waals surface area (Å²) < 4.78 is 0. The minimum absolute atomic E-state index is 0. The van der Waals surface area contributed by atoms with Crippen molar-refractivity contribution in [2.45, 2.75) is 19.8 Å². The molecule has 0 spiro atoms. The molecular weight excluding hydrogens is 185 g/mol. The predicted molar refractivity (Wildman–Crippen MR) is 50.9 cm³/mol. The minimum atomic E-state index is 0. The van der Waals surface area contributed by atoms with Crippen LogP contribution in [0.1, 0.15) is 19.8 Å². The van der Waals surface area contributed by atoms with Gasteiger partial charge in [-0.2, -0.15) is 0 Å². The van der Waals surface area contributed by atoms with Crippen LogP contribution in [0.4, 0.5) is 0 Å². The monoisotopic (exact) mass is 199 g/mol. The third-order valence-electron chi connectivity index (χ3n) is 1.64. The van der Waals surface area contributed by atoms with Gasteiger partial charge < -0.3 is 0 Å². The van der Waals surface area contributed by atoms with Gasteiger partial charge >= 0.3 is 0 Å². The van der Waals surface area contributed by atoms with Gasteiger partial charge in [0.05, 0.1) is 6.54 Å². The summed E-state index contributed by atoms with van der Waals surface area (Å²) in [6.07, 6.45) is 2.54. The molecule has 4 heteroatoms. The maximum atomic E-state index is 10.6. The Balaban J connectivity index is 0. The molecule has 1 aliphatic heterocycles. The number of ketones is 1. The Morgan fingerprint density at radius 3 is 2.09 bits per heavy atom. The van der Waals surface area contributed by atoms with Crippen LogP contribution in [0.3, 0.4) is 0 Å². The Kier molecular flexibility index (Phi) is 8.63. The van der Waals surface area contributed by atoms with Gasteiger partial charge in [0.2, 0.25) is 0 Å². The maximum Gasteiger partial charge on any atom is 0.143 e. The highest BCUT2D eigenvalue weighted by molar-refractivity contribution is 5.85. The molecule has 0 radical (unpaired) electrons. The molecule has 0 aliphatic carbocycles. The van der Waals surface area contributed by atoms with Gasteiger partial charge in [0.1, 0.15) is 5.78 Å². The third-order valence-corrected chi connectivity index (χ3v) is 1.64. The zero-order valence-corrected chi connectivity index (χ0v) is 8.34. The summed E-state index contributed by atoms with van der Waals surface area (Å²) in [6, 6.07) is 0. The first-order valence-electron chi connectivity index (χ1n) is 3.51. The quantitative estimate of drug-likeness (QED) is 0.673. The fourth-order valence-electron chi connectivity index (χ4n) is 1.26. The van der Waals surface area contributed by atoms with E-state index in [0.717, 1.165) is 13.1 Å². The lowest BCUT2D eigenvalue weighted by Crippen LogP contribution is -2.24. The Labute approximate surface area is 80.2 Å². The SMILES string of the molecule is CC(=O)CN1CCCC1.Cl.Cl. The lowest BCUT2D eigenvalue weighted by atomic mass is 10.4. The zero-order chi connectivity index (χ0) is 6.69. The van der Waals surface area contributed by atoms with E-state index in [0.29, 0.717) is 6.54 Å². The number of rotatable bonds is 2. The van der Waals surface area contributed by atoms with Crippen molar-refractivity contribution in [3.63, 3.8) is 0 Å². The summed E-state index contributed by atoms with van der Waals surface area (Å²) in [4.78, 5) is 12.8. The number of likely N-dealkylation sites (tertiary alicyclic amines) is 1. The summed E-state index contributed by atoms with van der Waals surface area (Å²) in [5.74, 6) is 0.289. The van der Waals surface area contributed by atoms with Crippen molar-refractivity contribution in [1.29, 1.82) is 0 Å². The van der Waals surface area contributed by atoms with E-state index < -0.39 is 0 Å². The Hall–Kier alpha value is 0.210. The van der Waals surface area contributed by atoms with Crippen molar-refractivity contribution in [2.24, 2.45) is 0 Å². The molecule has 1 fully saturated rings. The molecule has 0 unspecified atom stereocenters. The summed E-state index contributed by atoms with van der Waals surface area (Å²) in [6.45, 7) is 4.57. The highest BCUT2D eigenvalue weighted by atomic mass is 35.5. The van der Waals surface area contributed by atoms with Crippen LogP contribution < -0.4 is 0 Å². The minimum Gasteiger partial charge on any atom is -0.299 e. The van der Waals surface area contributed by atoms with Gasteiger partial charge in [-0.25, -0.2) is 0 Å². The van der Waals surface area contributed by atoms with Gasteiger partial charge in [-0.1, -0.05) is 0 Å². The maximum absolute atomic E-state index is 10.6. The average molecular weight is 200 g/mol. The van der Waals surface area contributed by atoms with E-state index in [2.05, 4.69) is 4.90 Å². The largest absolute Gasteiger partial charge is 0.299 e. The molecule has 0 atom stereocenters. The van der Waals surface area contributed by atoms with Crippen molar-refractivity contribution in [2.75, 3.05) is 19.6 Å². The van der Waals surface area contributed by atoms with E-state index >= 15 is 0 Å². The molecular formula is C7H15Cl2NO. The molecule has 1 saturated heterocycles. The number of hydrogen-bond donors (Lipinski definition) is 0. The second kappa shape index (κ2) is 6.89. The molecule has 0 amide bonds. The summed E-state index contributed by atoms with van der Waals surface area (Å²) in [5.41, 5.74) is 0. The second-order valence-corrected chi connectivity index (χ2v) is 2.69. The number of hydrogen-bond acceptors (Lipinski definition) is 2. The Morgan fingerprint density at radius 1 is 1.27 bits per heavy atom. The number of carbonyl (C=O) groups excluding carboxylic acids is 1. The number of carbonyl (C=O) groups is 1. The van der Waals surface area contributed by atoms with Crippen molar-refractivity contribution in [1.82, 2.24) is 4.90 Å².